The highest BCUT2D eigenvalue weighted by molar-refractivity contribution is 7.59. The highest BCUT2D eigenvalue weighted by Gasteiger charge is 2.31. The Balaban J connectivity index is 0.000000234. The van der Waals surface area contributed by atoms with Crippen LogP contribution in [-0.4, -0.2) is 108 Å². The van der Waals surface area contributed by atoms with Crippen molar-refractivity contribution in [2.45, 2.75) is 51.7 Å². The number of rotatable bonds is 13. The van der Waals surface area contributed by atoms with Crippen LogP contribution in [0.3, 0.4) is 0 Å². The molecule has 2 fully saturated rings. The second kappa shape index (κ2) is 23.9. The number of halogens is 4. The molecule has 0 bridgehead atoms. The fourth-order valence-electron chi connectivity index (χ4n) is 8.32. The zero-order valence-electron chi connectivity index (χ0n) is 40.7. The van der Waals surface area contributed by atoms with E-state index in [1.54, 1.807) is 89.5 Å². The van der Waals surface area contributed by atoms with Crippen LogP contribution in [0.5, 0.6) is 23.0 Å². The standard InChI is InChI=1S/2C24H23F2N7O3.CH4.2H2S/c1-32-11-13(9-28-32)16-10-27-15-5-6-19(31-24(15)30-16)33(12-14-4-7-20(34)29-14)23-21(25)17(35-2)8-18(36-3)22(23)26;1-32-11-13(9-28-32)16-10-27-15-5-6-19(33(24(15)30-16)12-14-4-7-20(34)29-14)31-23-21(25)17(35-2)8-18(36-3)22(23)26;;;/h2*5-6,8-11,14H,4,7,12H2,1-3H3,(H,29,34);1H4;2*1H2. The lowest BCUT2D eigenvalue weighted by molar-refractivity contribution is -0.120. The number of anilines is 2. The fourth-order valence-corrected chi connectivity index (χ4v) is 8.32. The number of hydrogen-bond donors (Lipinski definition) is 2. The first-order valence-corrected chi connectivity index (χ1v) is 22.3. The fraction of sp³-hybridized carbons (Fsp3) is 0.306. The average molecular weight is 1080 g/mol. The number of carbonyl (C=O) groups is 2. The highest BCUT2D eigenvalue weighted by Crippen LogP contribution is 2.41. The highest BCUT2D eigenvalue weighted by atomic mass is 32.1. The number of nitrogens with one attached hydrogen (secondary N) is 2. The zero-order chi connectivity index (χ0) is 50.8. The number of methoxy groups -OCH3 is 4. The van der Waals surface area contributed by atoms with Crippen LogP contribution in [0.1, 0.15) is 33.1 Å². The molecular formula is C49H54F4N14O6S2. The second-order valence-corrected chi connectivity index (χ2v) is 16.7. The Bertz CT molecular complexity index is 3410. The molecule has 0 spiro atoms. The summed E-state index contributed by atoms with van der Waals surface area (Å²) in [6.45, 7) is 0.335. The van der Waals surface area contributed by atoms with Crippen molar-refractivity contribution in [3.63, 3.8) is 0 Å². The molecule has 2 saturated heterocycles. The third-order valence-corrected chi connectivity index (χ3v) is 11.9. The topological polar surface area (TPSA) is 216 Å². The monoisotopic (exact) mass is 1070 g/mol. The van der Waals surface area contributed by atoms with E-state index in [0.717, 1.165) is 23.3 Å². The van der Waals surface area contributed by atoms with Gasteiger partial charge in [0.15, 0.2) is 57.6 Å². The van der Waals surface area contributed by atoms with Crippen molar-refractivity contribution in [1.29, 1.82) is 0 Å². The number of fused-ring (bicyclic) bond motifs is 2. The summed E-state index contributed by atoms with van der Waals surface area (Å²) in [4.78, 5) is 52.3. The minimum atomic E-state index is -0.966. The van der Waals surface area contributed by atoms with Crippen molar-refractivity contribution in [1.82, 2.24) is 59.7 Å². The number of aromatic nitrogens is 10. The van der Waals surface area contributed by atoms with Crippen molar-refractivity contribution < 1.29 is 46.1 Å². The Morgan fingerprint density at radius 1 is 0.667 bits per heavy atom. The number of nitrogens with zero attached hydrogens (tertiary/aromatic N) is 12. The lowest BCUT2D eigenvalue weighted by atomic mass is 10.1. The molecule has 2 atom stereocenters. The molecule has 6 aromatic heterocycles. The van der Waals surface area contributed by atoms with Gasteiger partial charge < -0.3 is 39.0 Å². The van der Waals surface area contributed by atoms with Gasteiger partial charge in [-0.3, -0.25) is 28.9 Å². The van der Waals surface area contributed by atoms with Gasteiger partial charge in [0.05, 0.1) is 64.6 Å². The molecule has 20 nitrogen and oxygen atoms in total. The van der Waals surface area contributed by atoms with Crippen LogP contribution in [-0.2, 0) is 30.2 Å². The molecule has 0 aliphatic carbocycles. The summed E-state index contributed by atoms with van der Waals surface area (Å²) < 4.78 is 86.6. The number of benzene rings is 2. The number of aryl methyl sites for hydroxylation is 2. The normalized spacial score (nSPS) is 15.0. The Labute approximate surface area is 441 Å². The van der Waals surface area contributed by atoms with E-state index in [4.69, 9.17) is 23.9 Å². The maximum atomic E-state index is 15.5. The number of pyridine rings is 2. The van der Waals surface area contributed by atoms with E-state index in [1.807, 2.05) is 0 Å². The second-order valence-electron chi connectivity index (χ2n) is 16.7. The molecule has 75 heavy (non-hydrogen) atoms. The molecule has 2 unspecified atom stereocenters. The Morgan fingerprint density at radius 3 is 1.68 bits per heavy atom. The van der Waals surface area contributed by atoms with Gasteiger partial charge in [0.1, 0.15) is 33.7 Å². The Morgan fingerprint density at radius 2 is 1.17 bits per heavy atom. The first-order valence-electron chi connectivity index (χ1n) is 22.3. The van der Waals surface area contributed by atoms with Crippen LogP contribution in [0.2, 0.25) is 0 Å². The maximum absolute atomic E-state index is 15.5. The summed E-state index contributed by atoms with van der Waals surface area (Å²) in [5, 5.41) is 14.1. The molecule has 396 valence electrons. The molecule has 2 aromatic carbocycles. The van der Waals surface area contributed by atoms with Gasteiger partial charge in [0, 0.05) is 87.8 Å². The zero-order valence-corrected chi connectivity index (χ0v) is 42.7. The van der Waals surface area contributed by atoms with Crippen LogP contribution >= 0.6 is 27.0 Å². The molecule has 2 amide bonds. The Kier molecular flexibility index (Phi) is 17.9. The molecule has 26 heteroatoms. The van der Waals surface area contributed by atoms with Gasteiger partial charge in [-0.25, -0.2) is 37.5 Å². The average Bonchev–Trinajstić information content (AvgIpc) is 4.22. The lowest BCUT2D eigenvalue weighted by Gasteiger charge is -2.28. The van der Waals surface area contributed by atoms with Crippen molar-refractivity contribution in [3.8, 4) is 45.5 Å². The van der Waals surface area contributed by atoms with Crippen LogP contribution < -0.4 is 40.0 Å². The van der Waals surface area contributed by atoms with Crippen LogP contribution in [0.15, 0.2) is 78.6 Å². The van der Waals surface area contributed by atoms with Gasteiger partial charge in [-0.05, 0) is 37.1 Å². The van der Waals surface area contributed by atoms with Gasteiger partial charge in [-0.15, -0.1) is 0 Å². The van der Waals surface area contributed by atoms with Crippen LogP contribution in [0.25, 0.3) is 44.8 Å². The molecular weight excluding hydrogens is 1020 g/mol. The minimum Gasteiger partial charge on any atom is -0.493 e. The predicted octanol–water partition coefficient (Wildman–Crippen LogP) is 6.64. The molecule has 10 rings (SSSR count). The summed E-state index contributed by atoms with van der Waals surface area (Å²) >= 11 is 0. The minimum absolute atomic E-state index is 0. The first kappa shape index (κ1) is 56.3. The quantitative estimate of drug-likeness (QED) is 0.116. The molecule has 0 radical (unpaired) electrons. The molecule has 8 heterocycles. The SMILES string of the molecule is C.COc1cc(OC)c(F)c(N(CC2CCC(=O)N2)c2ccc3ncc(-c4cnn(C)c4)nc3n2)c1F.COc1cc(OC)c(F)c(N=c2ccc3ncc(-c4cnn(C)c4)nc3n2CC2CCC(=O)N2)c1F.S.S. The van der Waals surface area contributed by atoms with E-state index in [1.165, 1.54) is 33.3 Å². The summed E-state index contributed by atoms with van der Waals surface area (Å²) in [6.07, 6.45) is 12.0. The third-order valence-electron chi connectivity index (χ3n) is 11.9. The van der Waals surface area contributed by atoms with Gasteiger partial charge in [-0.1, -0.05) is 7.43 Å². The number of hydrogen-bond acceptors (Lipinski definition) is 15. The number of carbonyl (C=O) groups excluding carboxylic acids is 2. The number of amides is 2. The van der Waals surface area contributed by atoms with E-state index in [-0.39, 0.29) is 111 Å². The van der Waals surface area contributed by atoms with E-state index >= 15 is 17.6 Å². The molecule has 0 saturated carbocycles. The van der Waals surface area contributed by atoms with E-state index in [9.17, 15) is 9.59 Å². The summed E-state index contributed by atoms with van der Waals surface area (Å²) in [6, 6.07) is 8.25. The number of ether oxygens (including phenoxy) is 4. The summed E-state index contributed by atoms with van der Waals surface area (Å²) in [5.41, 5.74) is 3.65. The molecule has 2 N–H and O–H groups in total. The van der Waals surface area contributed by atoms with Crippen molar-refractivity contribution >= 4 is 78.3 Å². The molecule has 2 aliphatic heterocycles. The van der Waals surface area contributed by atoms with Gasteiger partial charge in [0.2, 0.25) is 11.8 Å². The molecule has 2 aliphatic rings. The maximum Gasteiger partial charge on any atom is 0.220 e. The van der Waals surface area contributed by atoms with E-state index in [0.29, 0.717) is 53.8 Å². The smallest absolute Gasteiger partial charge is 0.220 e. The van der Waals surface area contributed by atoms with Crippen molar-refractivity contribution in [2.75, 3.05) is 39.9 Å². The van der Waals surface area contributed by atoms with Crippen LogP contribution in [0, 0.1) is 23.3 Å². The first-order chi connectivity index (χ1) is 34.7. The summed E-state index contributed by atoms with van der Waals surface area (Å²) in [7, 11) is 8.70. The van der Waals surface area contributed by atoms with Gasteiger partial charge in [0.25, 0.3) is 0 Å². The third kappa shape index (κ3) is 11.7. The Hall–Kier alpha value is -8.00. The predicted molar refractivity (Wildman–Crippen MR) is 280 cm³/mol. The van der Waals surface area contributed by atoms with Crippen LogP contribution in [0.4, 0.5) is 34.8 Å². The van der Waals surface area contributed by atoms with Crippen molar-refractivity contribution in [3.05, 3.63) is 102 Å². The van der Waals surface area contributed by atoms with Gasteiger partial charge in [-0.2, -0.15) is 37.2 Å². The van der Waals surface area contributed by atoms with Gasteiger partial charge >= 0.3 is 0 Å². The lowest BCUT2D eigenvalue weighted by Crippen LogP contribution is -2.37. The van der Waals surface area contributed by atoms with Crippen molar-refractivity contribution in [2.24, 2.45) is 19.1 Å². The molecule has 8 aromatic rings. The summed E-state index contributed by atoms with van der Waals surface area (Å²) in [5.74, 6) is -4.53. The largest absolute Gasteiger partial charge is 0.493 e. The van der Waals surface area contributed by atoms with E-state index < -0.39 is 34.6 Å². The van der Waals surface area contributed by atoms with E-state index in [2.05, 4.69) is 45.8 Å².